The topological polar surface area (TPSA) is 51.8 Å². The number of hydrogen-bond acceptors (Lipinski definition) is 3. The lowest BCUT2D eigenvalue weighted by Gasteiger charge is -2.00. The zero-order chi connectivity index (χ0) is 8.55. The van der Waals surface area contributed by atoms with Gasteiger partial charge in [-0.2, -0.15) is 0 Å². The fraction of sp³-hybridized carbons (Fsp3) is 0. The Morgan fingerprint density at radius 2 is 2.08 bits per heavy atom. The molecule has 0 aliphatic heterocycles. The minimum atomic E-state index is 0.465. The lowest BCUT2D eigenvalue weighted by Crippen LogP contribution is -2.02. The molecule has 2 rings (SSSR count). The number of benzene rings is 1. The average molecular weight is 155 g/mol. The summed E-state index contributed by atoms with van der Waals surface area (Å²) in [7, 11) is 5.58. The number of rotatable bonds is 0. The Labute approximate surface area is 71.0 Å². The number of nitrogen functional groups attached to an aromatic ring is 1. The maximum atomic E-state index is 5.62. The van der Waals surface area contributed by atoms with Gasteiger partial charge < -0.3 is 5.73 Å². The molecule has 1 aromatic heterocycles. The van der Waals surface area contributed by atoms with E-state index in [0.29, 0.717) is 11.3 Å². The van der Waals surface area contributed by atoms with Crippen LogP contribution in [0.25, 0.3) is 10.9 Å². The Bertz CT molecular complexity index is 428. The summed E-state index contributed by atoms with van der Waals surface area (Å²) in [6.45, 7) is 0. The van der Waals surface area contributed by atoms with E-state index in [0.717, 1.165) is 10.9 Å². The van der Waals surface area contributed by atoms with Crippen molar-refractivity contribution in [1.29, 1.82) is 0 Å². The Balaban J connectivity index is 2.88. The molecule has 3 nitrogen and oxygen atoms in total. The minimum absolute atomic E-state index is 0.465. The maximum Gasteiger partial charge on any atom is 0.134 e. The molecule has 0 atom stereocenters. The summed E-state index contributed by atoms with van der Waals surface area (Å²) < 4.78 is 0. The van der Waals surface area contributed by atoms with E-state index in [2.05, 4.69) is 9.97 Å². The third-order valence-electron chi connectivity index (χ3n) is 1.69. The van der Waals surface area contributed by atoms with Gasteiger partial charge in [-0.25, -0.2) is 9.97 Å². The van der Waals surface area contributed by atoms with Crippen LogP contribution in [-0.2, 0) is 0 Å². The molecule has 0 saturated heterocycles. The first-order valence-electron chi connectivity index (χ1n) is 3.53. The number of fused-ring (bicyclic) bond motifs is 1. The second-order valence-corrected chi connectivity index (χ2v) is 2.54. The minimum Gasteiger partial charge on any atom is -0.383 e. The fourth-order valence-corrected chi connectivity index (χ4v) is 1.09. The molecule has 0 fully saturated rings. The van der Waals surface area contributed by atoms with Crippen molar-refractivity contribution in [3.8, 4) is 0 Å². The zero-order valence-corrected chi connectivity index (χ0v) is 6.36. The predicted molar refractivity (Wildman–Crippen MR) is 49.3 cm³/mol. The molecule has 2 radical (unpaired) electrons. The van der Waals surface area contributed by atoms with Crippen molar-refractivity contribution in [1.82, 2.24) is 9.97 Å². The summed E-state index contributed by atoms with van der Waals surface area (Å²) in [5.74, 6) is 0.465. The van der Waals surface area contributed by atoms with Gasteiger partial charge in [0.15, 0.2) is 0 Å². The van der Waals surface area contributed by atoms with Gasteiger partial charge >= 0.3 is 0 Å². The molecule has 0 amide bonds. The highest BCUT2D eigenvalue weighted by atomic mass is 14.9. The lowest BCUT2D eigenvalue weighted by molar-refractivity contribution is 1.23. The van der Waals surface area contributed by atoms with Gasteiger partial charge in [0.2, 0.25) is 0 Å². The molecule has 4 heteroatoms. The molecule has 0 saturated carbocycles. The molecule has 56 valence electrons. The van der Waals surface area contributed by atoms with Crippen molar-refractivity contribution in [2.24, 2.45) is 0 Å². The Morgan fingerprint density at radius 1 is 1.25 bits per heavy atom. The largest absolute Gasteiger partial charge is 0.383 e. The third kappa shape index (κ3) is 1.01. The fourth-order valence-electron chi connectivity index (χ4n) is 1.09. The molecule has 2 N–H and O–H groups in total. The molecule has 12 heavy (non-hydrogen) atoms. The van der Waals surface area contributed by atoms with Crippen molar-refractivity contribution in [2.45, 2.75) is 0 Å². The molecule has 1 heterocycles. The quantitative estimate of drug-likeness (QED) is 0.545. The van der Waals surface area contributed by atoms with Crippen molar-refractivity contribution in [3.05, 3.63) is 24.5 Å². The molecule has 0 unspecified atom stereocenters. The summed E-state index contributed by atoms with van der Waals surface area (Å²) in [6, 6.07) is 5.38. The molecule has 0 aliphatic carbocycles. The van der Waals surface area contributed by atoms with Gasteiger partial charge in [0.1, 0.15) is 20.0 Å². The summed E-state index contributed by atoms with van der Waals surface area (Å²) >= 11 is 0. The highest BCUT2D eigenvalue weighted by molar-refractivity contribution is 6.33. The van der Waals surface area contributed by atoms with E-state index in [1.54, 1.807) is 12.1 Å². The van der Waals surface area contributed by atoms with E-state index in [1.807, 2.05) is 6.07 Å². The van der Waals surface area contributed by atoms with Crippen LogP contribution < -0.4 is 11.2 Å². The van der Waals surface area contributed by atoms with E-state index in [1.165, 1.54) is 6.33 Å². The van der Waals surface area contributed by atoms with Gasteiger partial charge in [-0.1, -0.05) is 17.6 Å². The standard InChI is InChI=1S/C8H6BN3/c9-5-1-2-7-6(3-5)8(10)12-4-11-7/h1-4H,(H2,10,11,12). The highest BCUT2D eigenvalue weighted by Gasteiger charge is 1.98. The van der Waals surface area contributed by atoms with Crippen LogP contribution >= 0.6 is 0 Å². The molecule has 2 aromatic rings. The van der Waals surface area contributed by atoms with Crippen LogP contribution in [-0.4, -0.2) is 17.8 Å². The van der Waals surface area contributed by atoms with Crippen molar-refractivity contribution in [3.63, 3.8) is 0 Å². The van der Waals surface area contributed by atoms with Crippen LogP contribution in [0.15, 0.2) is 24.5 Å². The zero-order valence-electron chi connectivity index (χ0n) is 6.36. The van der Waals surface area contributed by atoms with Crippen LogP contribution in [0.1, 0.15) is 0 Å². The summed E-state index contributed by atoms with van der Waals surface area (Å²) in [5.41, 5.74) is 7.11. The van der Waals surface area contributed by atoms with Gasteiger partial charge in [-0.05, 0) is 6.07 Å². The second-order valence-electron chi connectivity index (χ2n) is 2.54. The third-order valence-corrected chi connectivity index (χ3v) is 1.69. The number of aromatic nitrogens is 2. The van der Waals surface area contributed by atoms with E-state index in [4.69, 9.17) is 13.6 Å². The van der Waals surface area contributed by atoms with Gasteiger partial charge in [-0.3, -0.25) is 0 Å². The van der Waals surface area contributed by atoms with Gasteiger partial charge in [0, 0.05) is 5.39 Å². The SMILES string of the molecule is [B]c1ccc2ncnc(N)c2c1. The first-order chi connectivity index (χ1) is 5.77. The molecular formula is C8H6BN3. The molecular weight excluding hydrogens is 149 g/mol. The number of nitrogens with two attached hydrogens (primary N) is 1. The van der Waals surface area contributed by atoms with E-state index >= 15 is 0 Å². The van der Waals surface area contributed by atoms with Crippen LogP contribution in [0.4, 0.5) is 5.82 Å². The second kappa shape index (κ2) is 2.48. The van der Waals surface area contributed by atoms with E-state index in [-0.39, 0.29) is 0 Å². The molecule has 0 spiro atoms. The maximum absolute atomic E-state index is 5.62. The number of nitrogens with zero attached hydrogens (tertiary/aromatic N) is 2. The van der Waals surface area contributed by atoms with E-state index < -0.39 is 0 Å². The van der Waals surface area contributed by atoms with Crippen molar-refractivity contribution in [2.75, 3.05) is 5.73 Å². The summed E-state index contributed by atoms with van der Waals surface area (Å²) in [5, 5.41) is 0.803. The number of hydrogen-bond donors (Lipinski definition) is 1. The van der Waals surface area contributed by atoms with Crippen LogP contribution in [0.3, 0.4) is 0 Å². The smallest absolute Gasteiger partial charge is 0.134 e. The summed E-state index contributed by atoms with van der Waals surface area (Å²) in [6.07, 6.45) is 1.44. The summed E-state index contributed by atoms with van der Waals surface area (Å²) in [4.78, 5) is 7.90. The monoisotopic (exact) mass is 155 g/mol. The number of anilines is 1. The highest BCUT2D eigenvalue weighted by Crippen LogP contribution is 2.13. The Kier molecular flexibility index (Phi) is 1.47. The van der Waals surface area contributed by atoms with Gasteiger partial charge in [0.05, 0.1) is 5.52 Å². The molecule has 0 bridgehead atoms. The van der Waals surface area contributed by atoms with Crippen molar-refractivity contribution < 1.29 is 0 Å². The predicted octanol–water partition coefficient (Wildman–Crippen LogP) is 0.00580. The average Bonchev–Trinajstić information content (AvgIpc) is 2.07. The lowest BCUT2D eigenvalue weighted by atomic mass is 9.95. The molecule has 1 aromatic carbocycles. The Morgan fingerprint density at radius 3 is 2.92 bits per heavy atom. The van der Waals surface area contributed by atoms with Crippen molar-refractivity contribution >= 4 is 30.0 Å². The normalized spacial score (nSPS) is 10.3. The first-order valence-corrected chi connectivity index (χ1v) is 3.53. The van der Waals surface area contributed by atoms with Gasteiger partial charge in [-0.15, -0.1) is 0 Å². The first kappa shape index (κ1) is 7.09. The molecule has 0 aliphatic rings. The Hall–Kier alpha value is -1.58. The van der Waals surface area contributed by atoms with Crippen LogP contribution in [0.5, 0.6) is 0 Å². The van der Waals surface area contributed by atoms with Crippen LogP contribution in [0.2, 0.25) is 0 Å². The van der Waals surface area contributed by atoms with Gasteiger partial charge in [0.25, 0.3) is 0 Å². The van der Waals surface area contributed by atoms with E-state index in [9.17, 15) is 0 Å². The van der Waals surface area contributed by atoms with Crippen LogP contribution in [0, 0.1) is 0 Å².